The number of carbonyl (C=O) groups excluding carboxylic acids is 1. The summed E-state index contributed by atoms with van der Waals surface area (Å²) in [5, 5.41) is 0.776. The predicted octanol–water partition coefficient (Wildman–Crippen LogP) is 0.758. The lowest BCUT2D eigenvalue weighted by atomic mass is 10.1. The number of likely N-dealkylation sites (N-methyl/N-ethyl adjacent to an activating group) is 1. The molecule has 0 N–H and O–H groups in total. The van der Waals surface area contributed by atoms with Crippen LogP contribution in [-0.2, 0) is 4.79 Å². The summed E-state index contributed by atoms with van der Waals surface area (Å²) in [5.41, 5.74) is 1.92. The minimum Gasteiger partial charge on any atom is -1.00 e. The minimum absolute atomic E-state index is 0. The number of quaternary nitrogens is 1. The van der Waals surface area contributed by atoms with Crippen molar-refractivity contribution in [2.75, 3.05) is 21.1 Å². The molecule has 2 aromatic carbocycles. The molecular weight excluding hydrogens is 378 g/mol. The Balaban J connectivity index is 0.00000280. The van der Waals surface area contributed by atoms with Crippen LogP contribution in [0, 0.1) is 6.92 Å². The lowest BCUT2D eigenvalue weighted by Gasteiger charge is -2.25. The smallest absolute Gasteiger partial charge is 0.398 e. The van der Waals surface area contributed by atoms with Gasteiger partial charge in [0, 0.05) is 23.1 Å². The molecule has 1 aromatic heterocycles. The summed E-state index contributed by atoms with van der Waals surface area (Å²) in [6.45, 7) is 1.70. The molecule has 0 spiro atoms. The topological polar surface area (TPSA) is 56.5 Å². The van der Waals surface area contributed by atoms with Gasteiger partial charge >= 0.3 is 11.6 Å². The van der Waals surface area contributed by atoms with Crippen molar-refractivity contribution in [1.29, 1.82) is 0 Å². The number of halogens is 1. The Hall–Kier alpha value is -2.89. The molecule has 0 unspecified atom stereocenters. The molecule has 3 aromatic rings. The monoisotopic (exact) mass is 399 g/mol. The Morgan fingerprint density at radius 1 is 1.04 bits per heavy atom. The van der Waals surface area contributed by atoms with Crippen molar-refractivity contribution in [3.63, 3.8) is 0 Å². The van der Waals surface area contributed by atoms with E-state index in [1.54, 1.807) is 31.2 Å². The van der Waals surface area contributed by atoms with Crippen LogP contribution in [0.3, 0.4) is 0 Å². The minimum atomic E-state index is -0.458. The highest BCUT2D eigenvalue weighted by Crippen LogP contribution is 2.23. The van der Waals surface area contributed by atoms with Gasteiger partial charge in [-0.2, -0.15) is 0 Å². The fraction of sp³-hybridized carbons (Fsp3) is 0.182. The van der Waals surface area contributed by atoms with E-state index in [1.165, 1.54) is 0 Å². The number of benzene rings is 2. The molecule has 0 aliphatic heterocycles. The highest BCUT2D eigenvalue weighted by atomic mass is 35.5. The maximum Gasteiger partial charge on any atom is 0.398 e. The highest BCUT2D eigenvalue weighted by molar-refractivity contribution is 5.93. The molecule has 0 fully saturated rings. The van der Waals surface area contributed by atoms with Crippen molar-refractivity contribution in [1.82, 2.24) is 0 Å². The Morgan fingerprint density at radius 2 is 1.71 bits per heavy atom. The van der Waals surface area contributed by atoms with E-state index < -0.39 is 11.6 Å². The summed E-state index contributed by atoms with van der Waals surface area (Å²) < 4.78 is 11.1. The van der Waals surface area contributed by atoms with E-state index in [4.69, 9.17) is 9.15 Å². The van der Waals surface area contributed by atoms with E-state index in [0.29, 0.717) is 27.1 Å². The molecule has 5 nitrogen and oxygen atoms in total. The van der Waals surface area contributed by atoms with E-state index in [2.05, 4.69) is 0 Å². The lowest BCUT2D eigenvalue weighted by molar-refractivity contribution is -0.826. The van der Waals surface area contributed by atoms with Crippen LogP contribution >= 0.6 is 0 Å². The summed E-state index contributed by atoms with van der Waals surface area (Å²) in [4.78, 5) is 24.5. The zero-order valence-corrected chi connectivity index (χ0v) is 17.0. The second kappa shape index (κ2) is 8.42. The van der Waals surface area contributed by atoms with Gasteiger partial charge in [-0.15, -0.1) is 0 Å². The fourth-order valence-corrected chi connectivity index (χ4v) is 2.65. The number of esters is 1. The van der Waals surface area contributed by atoms with E-state index in [-0.39, 0.29) is 12.4 Å². The molecule has 0 aliphatic rings. The lowest BCUT2D eigenvalue weighted by Crippen LogP contribution is -3.00. The van der Waals surface area contributed by atoms with Gasteiger partial charge in [0.2, 0.25) is 5.70 Å². The highest BCUT2D eigenvalue weighted by Gasteiger charge is 2.27. The van der Waals surface area contributed by atoms with Gasteiger partial charge in [0.1, 0.15) is 11.3 Å². The quantitative estimate of drug-likeness (QED) is 0.214. The second-order valence-corrected chi connectivity index (χ2v) is 7.26. The van der Waals surface area contributed by atoms with Crippen LogP contribution in [0.5, 0.6) is 5.75 Å². The van der Waals surface area contributed by atoms with Gasteiger partial charge in [-0.3, -0.25) is 4.48 Å². The summed E-state index contributed by atoms with van der Waals surface area (Å²) in [6.07, 6.45) is 1.81. The number of rotatable bonds is 4. The first-order valence-electron chi connectivity index (χ1n) is 8.59. The molecule has 0 radical (unpaired) electrons. The summed E-state index contributed by atoms with van der Waals surface area (Å²) >= 11 is 0. The van der Waals surface area contributed by atoms with E-state index in [1.807, 2.05) is 57.6 Å². The first kappa shape index (κ1) is 21.4. The van der Waals surface area contributed by atoms with Gasteiger partial charge in [0.05, 0.1) is 21.1 Å². The molecule has 6 heteroatoms. The molecule has 0 saturated heterocycles. The van der Waals surface area contributed by atoms with Crippen LogP contribution in [0.4, 0.5) is 0 Å². The van der Waals surface area contributed by atoms with Gasteiger partial charge in [-0.25, -0.2) is 9.59 Å². The van der Waals surface area contributed by atoms with Crippen LogP contribution in [0.2, 0.25) is 0 Å². The maximum atomic E-state index is 12.8. The van der Waals surface area contributed by atoms with Crippen molar-refractivity contribution in [3.05, 3.63) is 81.8 Å². The average molecular weight is 400 g/mol. The molecule has 1 heterocycles. The van der Waals surface area contributed by atoms with Crippen molar-refractivity contribution in [2.24, 2.45) is 0 Å². The normalized spacial score (nSPS) is 11.8. The number of aryl methyl sites for hydroxylation is 1. The van der Waals surface area contributed by atoms with Crippen LogP contribution in [0.15, 0.2) is 69.5 Å². The predicted molar refractivity (Wildman–Crippen MR) is 105 cm³/mol. The summed E-state index contributed by atoms with van der Waals surface area (Å²) in [5.74, 6) is -0.132. The van der Waals surface area contributed by atoms with Crippen molar-refractivity contribution < 1.29 is 30.8 Å². The maximum absolute atomic E-state index is 12.8. The molecular formula is C22H22ClNO4. The number of ether oxygens (including phenoxy) is 1. The van der Waals surface area contributed by atoms with E-state index in [9.17, 15) is 9.59 Å². The molecule has 0 saturated carbocycles. The summed E-state index contributed by atoms with van der Waals surface area (Å²) in [7, 11) is 5.70. The molecule has 146 valence electrons. The van der Waals surface area contributed by atoms with Gasteiger partial charge in [0.15, 0.2) is 0 Å². The molecule has 0 aliphatic carbocycles. The third-order valence-electron chi connectivity index (χ3n) is 4.13. The third kappa shape index (κ3) is 4.88. The average Bonchev–Trinajstić information content (AvgIpc) is 2.61. The number of hydrogen-bond donors (Lipinski definition) is 0. The molecule has 0 amide bonds. The van der Waals surface area contributed by atoms with Gasteiger partial charge < -0.3 is 21.6 Å². The van der Waals surface area contributed by atoms with E-state index >= 15 is 0 Å². The van der Waals surface area contributed by atoms with E-state index in [0.717, 1.165) is 10.9 Å². The van der Waals surface area contributed by atoms with Crippen LogP contribution in [-0.4, -0.2) is 31.6 Å². The first-order valence-corrected chi connectivity index (χ1v) is 8.59. The van der Waals surface area contributed by atoms with Gasteiger partial charge in [0.25, 0.3) is 0 Å². The SMILES string of the molecule is Cc1cc2ccc(OC(=O)C(=Cc3ccccc3)[N+](C)(C)C)cc2oc1=O.[Cl-]. The number of carbonyl (C=O) groups is 1. The largest absolute Gasteiger partial charge is 1.00 e. The zero-order chi connectivity index (χ0) is 19.6. The third-order valence-corrected chi connectivity index (χ3v) is 4.13. The fourth-order valence-electron chi connectivity index (χ4n) is 2.65. The molecule has 0 atom stereocenters. The Kier molecular flexibility index (Phi) is 6.44. The zero-order valence-electron chi connectivity index (χ0n) is 16.2. The van der Waals surface area contributed by atoms with Crippen LogP contribution < -0.4 is 22.8 Å². The number of nitrogens with zero attached hydrogens (tertiary/aromatic N) is 1. The van der Waals surface area contributed by atoms with Crippen molar-refractivity contribution >= 4 is 23.0 Å². The Bertz CT molecular complexity index is 1080. The number of fused-ring (bicyclic) bond motifs is 1. The van der Waals surface area contributed by atoms with Gasteiger partial charge in [-0.05, 0) is 30.7 Å². The standard InChI is InChI=1S/C22H22NO4.ClH/c1-15-12-17-10-11-18(14-20(17)27-21(15)24)26-22(25)19(23(2,3)4)13-16-8-6-5-7-9-16;/h5-14H,1-4H3;1H/q+1;/p-1. The first-order chi connectivity index (χ1) is 12.7. The molecule has 28 heavy (non-hydrogen) atoms. The van der Waals surface area contributed by atoms with Crippen LogP contribution in [0.1, 0.15) is 11.1 Å². The number of hydrogen-bond acceptors (Lipinski definition) is 4. The molecule has 3 rings (SSSR count). The summed E-state index contributed by atoms with van der Waals surface area (Å²) in [6, 6.07) is 16.4. The van der Waals surface area contributed by atoms with Crippen molar-refractivity contribution in [2.45, 2.75) is 6.92 Å². The van der Waals surface area contributed by atoms with Gasteiger partial charge in [-0.1, -0.05) is 30.3 Å². The van der Waals surface area contributed by atoms with Crippen molar-refractivity contribution in [3.8, 4) is 5.75 Å². The van der Waals surface area contributed by atoms with Crippen LogP contribution in [0.25, 0.3) is 17.0 Å². The Labute approximate surface area is 169 Å². The second-order valence-electron chi connectivity index (χ2n) is 7.26. The molecule has 0 bridgehead atoms. The Morgan fingerprint density at radius 3 is 2.36 bits per heavy atom.